The molecule has 0 bridgehead atoms. The summed E-state index contributed by atoms with van der Waals surface area (Å²) in [5.41, 5.74) is 2.21. The molecule has 0 heterocycles. The highest BCUT2D eigenvalue weighted by Gasteiger charge is 2.21. The molecule has 7 heteroatoms. The number of rotatable bonds is 10. The van der Waals surface area contributed by atoms with Crippen LogP contribution in [0.5, 0.6) is 11.5 Å². The van der Waals surface area contributed by atoms with E-state index in [9.17, 15) is 9.59 Å². The van der Waals surface area contributed by atoms with E-state index in [1.165, 1.54) is 5.56 Å². The molecule has 0 aliphatic rings. The number of ether oxygens (including phenoxy) is 3. The van der Waals surface area contributed by atoms with E-state index in [2.05, 4.69) is 0 Å². The van der Waals surface area contributed by atoms with E-state index in [1.807, 2.05) is 62.6 Å². The molecule has 0 aliphatic carbocycles. The number of likely N-dealkylation sites (N-methyl/N-ethyl adjacent to an activating group) is 1. The van der Waals surface area contributed by atoms with Crippen LogP contribution in [0.4, 0.5) is 0 Å². The molecule has 0 spiro atoms. The molecule has 0 fully saturated rings. The van der Waals surface area contributed by atoms with Crippen LogP contribution >= 0.6 is 0 Å². The van der Waals surface area contributed by atoms with Gasteiger partial charge in [0.2, 0.25) is 0 Å². The number of carboxylic acids is 1. The van der Waals surface area contributed by atoms with Crippen LogP contribution in [-0.4, -0.2) is 62.4 Å². The Morgan fingerprint density at radius 1 is 1.03 bits per heavy atom. The topological polar surface area (TPSA) is 85.3 Å². The van der Waals surface area contributed by atoms with Crippen LogP contribution in [0.15, 0.2) is 48.5 Å². The van der Waals surface area contributed by atoms with Gasteiger partial charge in [-0.05, 0) is 56.3 Å². The summed E-state index contributed by atoms with van der Waals surface area (Å²) in [6.45, 7) is 0.420. The van der Waals surface area contributed by atoms with Gasteiger partial charge in [-0.3, -0.25) is 0 Å². The lowest BCUT2D eigenvalue weighted by Gasteiger charge is -2.21. The molecule has 0 aliphatic heterocycles. The molecule has 1 atom stereocenters. The Hall–Kier alpha value is -3.06. The van der Waals surface area contributed by atoms with Gasteiger partial charge >= 0.3 is 11.9 Å². The average Bonchev–Trinajstić information content (AvgIpc) is 2.71. The third-order valence-corrected chi connectivity index (χ3v) is 4.26. The fourth-order valence-corrected chi connectivity index (χ4v) is 2.84. The summed E-state index contributed by atoms with van der Waals surface area (Å²) < 4.78 is 16.1. The molecule has 0 saturated heterocycles. The highest BCUT2D eigenvalue weighted by Crippen LogP contribution is 2.21. The zero-order valence-corrected chi connectivity index (χ0v) is 17.0. The Balaban J connectivity index is 2.00. The molecule has 1 unspecified atom stereocenters. The molecule has 156 valence electrons. The minimum absolute atomic E-state index is 0.0662. The van der Waals surface area contributed by atoms with Crippen LogP contribution in [0, 0.1) is 0 Å². The number of esters is 1. The third-order valence-electron chi connectivity index (χ3n) is 4.26. The molecule has 2 rings (SSSR count). The van der Waals surface area contributed by atoms with Crippen molar-refractivity contribution in [1.29, 1.82) is 0 Å². The minimum atomic E-state index is -1.62. The summed E-state index contributed by atoms with van der Waals surface area (Å²) >= 11 is 0. The second-order valence-corrected chi connectivity index (χ2v) is 6.86. The molecule has 0 amide bonds. The third kappa shape index (κ3) is 7.46. The standard InChI is InChI=1S/C22H27NO6/c1-23(2)14-19(29-22(26)21(24)25)15-28-20-7-5-4-6-17(20)11-8-16-9-12-18(27-3)13-10-16/h4-7,9-10,12-13,19H,8,11,14-15H2,1-3H3,(H,24,25). The molecule has 2 aromatic rings. The van der Waals surface area contributed by atoms with Crippen molar-refractivity contribution in [3.05, 3.63) is 59.7 Å². The number of hydrogen-bond acceptors (Lipinski definition) is 6. The maximum absolute atomic E-state index is 11.4. The Labute approximate surface area is 170 Å². The number of para-hydroxylation sites is 1. The predicted molar refractivity (Wildman–Crippen MR) is 108 cm³/mol. The van der Waals surface area contributed by atoms with Gasteiger partial charge in [0, 0.05) is 6.54 Å². The van der Waals surface area contributed by atoms with Crippen LogP contribution in [0.1, 0.15) is 11.1 Å². The van der Waals surface area contributed by atoms with Crippen LogP contribution in [0.2, 0.25) is 0 Å². The van der Waals surface area contributed by atoms with Gasteiger partial charge in [-0.15, -0.1) is 0 Å². The molecule has 0 aromatic heterocycles. The predicted octanol–water partition coefficient (Wildman–Crippen LogP) is 2.42. The van der Waals surface area contributed by atoms with Gasteiger partial charge in [-0.2, -0.15) is 0 Å². The molecule has 0 radical (unpaired) electrons. The van der Waals surface area contributed by atoms with E-state index in [1.54, 1.807) is 12.0 Å². The molecule has 29 heavy (non-hydrogen) atoms. The quantitative estimate of drug-likeness (QED) is 0.483. The van der Waals surface area contributed by atoms with Gasteiger partial charge in [-0.25, -0.2) is 9.59 Å². The second-order valence-electron chi connectivity index (χ2n) is 6.86. The van der Waals surface area contributed by atoms with Crippen molar-refractivity contribution in [1.82, 2.24) is 4.90 Å². The lowest BCUT2D eigenvalue weighted by Crippen LogP contribution is -2.37. The number of benzene rings is 2. The highest BCUT2D eigenvalue weighted by atomic mass is 16.6. The van der Waals surface area contributed by atoms with Crippen molar-refractivity contribution in [2.24, 2.45) is 0 Å². The number of carboxylic acid groups (broad SMARTS) is 1. The first-order chi connectivity index (χ1) is 13.9. The molecule has 1 N–H and O–H groups in total. The molecule has 0 saturated carbocycles. The van der Waals surface area contributed by atoms with Gasteiger partial charge in [0.25, 0.3) is 0 Å². The fourth-order valence-electron chi connectivity index (χ4n) is 2.84. The number of carbonyl (C=O) groups excluding carboxylic acids is 1. The van der Waals surface area contributed by atoms with Crippen LogP contribution < -0.4 is 9.47 Å². The van der Waals surface area contributed by atoms with Gasteiger partial charge in [0.05, 0.1) is 7.11 Å². The summed E-state index contributed by atoms with van der Waals surface area (Å²) in [4.78, 5) is 24.0. The Bertz CT molecular complexity index is 803. The van der Waals surface area contributed by atoms with Gasteiger partial charge in [0.1, 0.15) is 24.2 Å². The van der Waals surface area contributed by atoms with E-state index < -0.39 is 18.0 Å². The summed E-state index contributed by atoms with van der Waals surface area (Å²) in [5, 5.41) is 8.77. The maximum Gasteiger partial charge on any atom is 0.417 e. The van der Waals surface area contributed by atoms with Crippen molar-refractivity contribution >= 4 is 11.9 Å². The Morgan fingerprint density at radius 3 is 2.34 bits per heavy atom. The lowest BCUT2D eigenvalue weighted by molar-refractivity contribution is -0.168. The number of aliphatic carboxylic acids is 1. The van der Waals surface area contributed by atoms with Crippen LogP contribution in [0.25, 0.3) is 0 Å². The van der Waals surface area contributed by atoms with Crippen molar-refractivity contribution in [2.45, 2.75) is 18.9 Å². The van der Waals surface area contributed by atoms with E-state index in [-0.39, 0.29) is 6.61 Å². The zero-order chi connectivity index (χ0) is 21.2. The summed E-state index contributed by atoms with van der Waals surface area (Å²) in [6.07, 6.45) is 0.915. The summed E-state index contributed by atoms with van der Waals surface area (Å²) in [5.74, 6) is -1.39. The Morgan fingerprint density at radius 2 is 1.72 bits per heavy atom. The van der Waals surface area contributed by atoms with E-state index >= 15 is 0 Å². The molecule has 7 nitrogen and oxygen atoms in total. The number of aryl methyl sites for hydroxylation is 2. The first kappa shape index (κ1) is 22.2. The first-order valence-corrected chi connectivity index (χ1v) is 9.31. The number of hydrogen-bond donors (Lipinski definition) is 1. The van der Waals surface area contributed by atoms with E-state index in [0.29, 0.717) is 12.3 Å². The summed E-state index contributed by atoms with van der Waals surface area (Å²) in [6, 6.07) is 15.6. The smallest absolute Gasteiger partial charge is 0.417 e. The molecule has 2 aromatic carbocycles. The lowest BCUT2D eigenvalue weighted by atomic mass is 10.0. The van der Waals surface area contributed by atoms with Crippen LogP contribution in [0.3, 0.4) is 0 Å². The SMILES string of the molecule is COc1ccc(CCc2ccccc2OCC(CN(C)C)OC(=O)C(=O)O)cc1. The van der Waals surface area contributed by atoms with Crippen LogP contribution in [-0.2, 0) is 27.2 Å². The largest absolute Gasteiger partial charge is 0.497 e. The molecular weight excluding hydrogens is 374 g/mol. The zero-order valence-electron chi connectivity index (χ0n) is 17.0. The monoisotopic (exact) mass is 401 g/mol. The van der Waals surface area contributed by atoms with Crippen molar-refractivity contribution in [2.75, 3.05) is 34.4 Å². The first-order valence-electron chi connectivity index (χ1n) is 9.31. The van der Waals surface area contributed by atoms with Crippen molar-refractivity contribution in [3.63, 3.8) is 0 Å². The second kappa shape index (κ2) is 11.1. The highest BCUT2D eigenvalue weighted by molar-refractivity contribution is 6.28. The van der Waals surface area contributed by atoms with Gasteiger partial charge < -0.3 is 24.2 Å². The summed E-state index contributed by atoms with van der Waals surface area (Å²) in [7, 11) is 5.26. The number of carbonyl (C=O) groups is 2. The Kier molecular flexibility index (Phi) is 8.48. The van der Waals surface area contributed by atoms with Gasteiger partial charge in [0.15, 0.2) is 0 Å². The number of nitrogens with zero attached hydrogens (tertiary/aromatic N) is 1. The maximum atomic E-state index is 11.4. The van der Waals surface area contributed by atoms with E-state index in [4.69, 9.17) is 19.3 Å². The molecular formula is C22H27NO6. The number of methoxy groups -OCH3 is 1. The van der Waals surface area contributed by atoms with Crippen molar-refractivity contribution in [3.8, 4) is 11.5 Å². The van der Waals surface area contributed by atoms with E-state index in [0.717, 1.165) is 24.2 Å². The normalized spacial score (nSPS) is 11.7. The fraction of sp³-hybridized carbons (Fsp3) is 0.364. The average molecular weight is 401 g/mol. The van der Waals surface area contributed by atoms with Gasteiger partial charge in [-0.1, -0.05) is 30.3 Å². The minimum Gasteiger partial charge on any atom is -0.497 e. The van der Waals surface area contributed by atoms with Crippen molar-refractivity contribution < 1.29 is 28.9 Å².